The molecular weight excluding hydrogens is 438 g/mol. The zero-order valence-electron chi connectivity index (χ0n) is 17.3. The number of benzene rings is 2. The van der Waals surface area contributed by atoms with Gasteiger partial charge in [-0.05, 0) is 25.5 Å². The first-order valence-electron chi connectivity index (χ1n) is 9.58. The first-order valence-corrected chi connectivity index (χ1v) is 10.8. The van der Waals surface area contributed by atoms with E-state index in [0.29, 0.717) is 28.7 Å². The Morgan fingerprint density at radius 3 is 2.52 bits per heavy atom. The Labute approximate surface area is 189 Å². The monoisotopic (exact) mass is 459 g/mol. The molecule has 0 saturated heterocycles. The lowest BCUT2D eigenvalue weighted by Crippen LogP contribution is -2.41. The fourth-order valence-electron chi connectivity index (χ4n) is 2.75. The Hall–Kier alpha value is -3.10. The molecule has 0 aliphatic heterocycles. The van der Waals surface area contributed by atoms with Crippen molar-refractivity contribution in [2.75, 3.05) is 13.7 Å². The fraction of sp³-hybridized carbons (Fsp3) is 0.227. The molecule has 0 saturated carbocycles. The SMILES string of the molecule is CCCOc1c(Cl)cc(C(=O)NNC(=O)c2sc(-c3ccccc3)nc2C)cc1OC. The summed E-state index contributed by atoms with van der Waals surface area (Å²) >= 11 is 7.51. The molecular formula is C22H22ClN3O4S. The molecule has 3 aromatic rings. The highest BCUT2D eigenvalue weighted by Crippen LogP contribution is 2.36. The number of carbonyl (C=O) groups excluding carboxylic acids is 2. The summed E-state index contributed by atoms with van der Waals surface area (Å²) in [6.45, 7) is 4.19. The van der Waals surface area contributed by atoms with Crippen LogP contribution in [0.4, 0.5) is 0 Å². The Bertz CT molecular complexity index is 1090. The van der Waals surface area contributed by atoms with Crippen LogP contribution in [0.3, 0.4) is 0 Å². The van der Waals surface area contributed by atoms with E-state index in [1.807, 2.05) is 37.3 Å². The van der Waals surface area contributed by atoms with E-state index < -0.39 is 11.8 Å². The normalized spacial score (nSPS) is 10.5. The third-order valence-electron chi connectivity index (χ3n) is 4.26. The molecule has 0 unspecified atom stereocenters. The zero-order chi connectivity index (χ0) is 22.4. The second-order valence-electron chi connectivity index (χ2n) is 6.55. The summed E-state index contributed by atoms with van der Waals surface area (Å²) in [7, 11) is 1.46. The summed E-state index contributed by atoms with van der Waals surface area (Å²) in [6, 6.07) is 12.5. The topological polar surface area (TPSA) is 89.6 Å². The van der Waals surface area contributed by atoms with Gasteiger partial charge in [0.2, 0.25) is 0 Å². The number of ether oxygens (including phenoxy) is 2. The second kappa shape index (κ2) is 10.3. The molecule has 1 heterocycles. The molecule has 1 aromatic heterocycles. The van der Waals surface area contributed by atoms with Crippen LogP contribution in [0.25, 0.3) is 10.6 Å². The van der Waals surface area contributed by atoms with Crippen molar-refractivity contribution in [3.8, 4) is 22.1 Å². The maximum absolute atomic E-state index is 12.6. The fourth-order valence-corrected chi connectivity index (χ4v) is 3.98. The molecule has 0 bridgehead atoms. The van der Waals surface area contributed by atoms with Gasteiger partial charge in [0.1, 0.15) is 9.88 Å². The van der Waals surface area contributed by atoms with Gasteiger partial charge in [0, 0.05) is 11.1 Å². The lowest BCUT2D eigenvalue weighted by Gasteiger charge is -2.14. The molecule has 0 aliphatic rings. The maximum Gasteiger partial charge on any atom is 0.281 e. The molecule has 0 spiro atoms. The van der Waals surface area contributed by atoms with Crippen molar-refractivity contribution >= 4 is 34.8 Å². The van der Waals surface area contributed by atoms with E-state index in [9.17, 15) is 9.59 Å². The molecule has 0 radical (unpaired) electrons. The van der Waals surface area contributed by atoms with E-state index in [0.717, 1.165) is 17.0 Å². The van der Waals surface area contributed by atoms with Crippen molar-refractivity contribution in [2.45, 2.75) is 20.3 Å². The van der Waals surface area contributed by atoms with Crippen molar-refractivity contribution in [1.82, 2.24) is 15.8 Å². The van der Waals surface area contributed by atoms with Crippen molar-refractivity contribution in [3.63, 3.8) is 0 Å². The van der Waals surface area contributed by atoms with Gasteiger partial charge in [-0.1, -0.05) is 48.9 Å². The maximum atomic E-state index is 12.6. The number of nitrogens with zero attached hydrogens (tertiary/aromatic N) is 1. The molecule has 0 aliphatic carbocycles. The predicted molar refractivity (Wildman–Crippen MR) is 121 cm³/mol. The van der Waals surface area contributed by atoms with E-state index in [4.69, 9.17) is 21.1 Å². The van der Waals surface area contributed by atoms with E-state index in [-0.39, 0.29) is 10.6 Å². The first-order chi connectivity index (χ1) is 14.9. The van der Waals surface area contributed by atoms with Gasteiger partial charge >= 0.3 is 0 Å². The third kappa shape index (κ3) is 5.34. The molecule has 7 nitrogen and oxygen atoms in total. The largest absolute Gasteiger partial charge is 0.493 e. The van der Waals surface area contributed by atoms with E-state index in [1.165, 1.54) is 30.6 Å². The number of aromatic nitrogens is 1. The Morgan fingerprint density at radius 2 is 1.84 bits per heavy atom. The number of thiazole rings is 1. The summed E-state index contributed by atoms with van der Waals surface area (Å²) in [5.74, 6) is -0.281. The Morgan fingerprint density at radius 1 is 1.13 bits per heavy atom. The number of halogens is 1. The zero-order valence-corrected chi connectivity index (χ0v) is 18.9. The number of rotatable bonds is 7. The van der Waals surface area contributed by atoms with Gasteiger partial charge < -0.3 is 9.47 Å². The Kier molecular flexibility index (Phi) is 7.49. The van der Waals surface area contributed by atoms with Crippen LogP contribution in [-0.4, -0.2) is 30.5 Å². The molecule has 2 aromatic carbocycles. The standard InChI is InChI=1S/C22H22ClN3O4S/c1-4-10-30-18-16(23)11-15(12-17(18)29-3)20(27)25-26-21(28)19-13(2)24-22(31-19)14-8-6-5-7-9-14/h5-9,11-12H,4,10H2,1-3H3,(H,25,27)(H,26,28). The number of aryl methyl sites for hydroxylation is 1. The van der Waals surface area contributed by atoms with Crippen molar-refractivity contribution < 1.29 is 19.1 Å². The van der Waals surface area contributed by atoms with E-state index in [1.54, 1.807) is 6.92 Å². The van der Waals surface area contributed by atoms with Gasteiger partial charge in [-0.15, -0.1) is 11.3 Å². The number of hydrogen-bond donors (Lipinski definition) is 2. The van der Waals surface area contributed by atoms with Crippen molar-refractivity contribution in [2.24, 2.45) is 0 Å². The minimum Gasteiger partial charge on any atom is -0.493 e. The number of amides is 2. The highest BCUT2D eigenvalue weighted by molar-refractivity contribution is 7.17. The smallest absolute Gasteiger partial charge is 0.281 e. The highest BCUT2D eigenvalue weighted by atomic mass is 35.5. The van der Waals surface area contributed by atoms with Gasteiger partial charge in [0.25, 0.3) is 11.8 Å². The van der Waals surface area contributed by atoms with Gasteiger partial charge in [-0.3, -0.25) is 20.4 Å². The minimum atomic E-state index is -0.541. The minimum absolute atomic E-state index is 0.219. The number of methoxy groups -OCH3 is 1. The quantitative estimate of drug-likeness (QED) is 0.502. The van der Waals surface area contributed by atoms with Crippen LogP contribution in [0.2, 0.25) is 5.02 Å². The number of carbonyl (C=O) groups is 2. The van der Waals surface area contributed by atoms with Crippen LogP contribution in [-0.2, 0) is 0 Å². The van der Waals surface area contributed by atoms with Crippen LogP contribution in [0.15, 0.2) is 42.5 Å². The van der Waals surface area contributed by atoms with Gasteiger partial charge in [0.15, 0.2) is 11.5 Å². The molecule has 9 heteroatoms. The number of hydrogen-bond acceptors (Lipinski definition) is 6. The van der Waals surface area contributed by atoms with Crippen LogP contribution in [0, 0.1) is 6.92 Å². The molecule has 0 atom stereocenters. The number of nitrogens with one attached hydrogen (secondary N) is 2. The number of hydrazine groups is 1. The molecule has 2 amide bonds. The van der Waals surface area contributed by atoms with Gasteiger partial charge in [-0.2, -0.15) is 0 Å². The first kappa shape index (κ1) is 22.6. The summed E-state index contributed by atoms with van der Waals surface area (Å²) in [6.07, 6.45) is 0.802. The summed E-state index contributed by atoms with van der Waals surface area (Å²) in [5.41, 5.74) is 6.55. The van der Waals surface area contributed by atoms with E-state index >= 15 is 0 Å². The molecule has 0 fully saturated rings. The van der Waals surface area contributed by atoms with Crippen LogP contribution in [0.5, 0.6) is 11.5 Å². The lowest BCUT2D eigenvalue weighted by molar-refractivity contribution is 0.0848. The average Bonchev–Trinajstić information content (AvgIpc) is 3.18. The summed E-state index contributed by atoms with van der Waals surface area (Å²) < 4.78 is 10.9. The summed E-state index contributed by atoms with van der Waals surface area (Å²) in [4.78, 5) is 30.0. The van der Waals surface area contributed by atoms with Crippen LogP contribution >= 0.6 is 22.9 Å². The summed E-state index contributed by atoms with van der Waals surface area (Å²) in [5, 5.41) is 0.976. The Balaban J connectivity index is 1.70. The van der Waals surface area contributed by atoms with Crippen LogP contribution < -0.4 is 20.3 Å². The van der Waals surface area contributed by atoms with E-state index in [2.05, 4.69) is 15.8 Å². The van der Waals surface area contributed by atoms with Gasteiger partial charge in [0.05, 0.1) is 24.4 Å². The third-order valence-corrected chi connectivity index (χ3v) is 5.74. The second-order valence-corrected chi connectivity index (χ2v) is 7.95. The molecule has 3 rings (SSSR count). The molecule has 31 heavy (non-hydrogen) atoms. The highest BCUT2D eigenvalue weighted by Gasteiger charge is 2.19. The van der Waals surface area contributed by atoms with Crippen molar-refractivity contribution in [1.29, 1.82) is 0 Å². The van der Waals surface area contributed by atoms with Crippen molar-refractivity contribution in [3.05, 3.63) is 63.6 Å². The molecule has 162 valence electrons. The molecule has 2 N–H and O–H groups in total. The lowest BCUT2D eigenvalue weighted by atomic mass is 10.2. The average molecular weight is 460 g/mol. The van der Waals surface area contributed by atoms with Crippen LogP contribution in [0.1, 0.15) is 39.1 Å². The van der Waals surface area contributed by atoms with Gasteiger partial charge in [-0.25, -0.2) is 4.98 Å². The predicted octanol–water partition coefficient (Wildman–Crippen LogP) is 4.64.